The lowest BCUT2D eigenvalue weighted by Gasteiger charge is -2.36. The van der Waals surface area contributed by atoms with Gasteiger partial charge in [0.15, 0.2) is 13.1 Å². The van der Waals surface area contributed by atoms with Crippen LogP contribution in [0.15, 0.2) is 24.3 Å². The molecule has 1 aliphatic heterocycles. The van der Waals surface area contributed by atoms with Crippen molar-refractivity contribution in [3.05, 3.63) is 29.8 Å². The van der Waals surface area contributed by atoms with E-state index in [0.29, 0.717) is 38.4 Å². The van der Waals surface area contributed by atoms with Crippen LogP contribution in [0, 0.1) is 0 Å². The van der Waals surface area contributed by atoms with E-state index in [1.165, 1.54) is 6.07 Å². The molecule has 2 N–H and O–H groups in total. The number of carbonyl (C=O) groups excluding carboxylic acids is 2. The highest BCUT2D eigenvalue weighted by Crippen LogP contribution is 2.31. The molecule has 1 aromatic rings. The van der Waals surface area contributed by atoms with E-state index in [-0.39, 0.29) is 30.4 Å². The Bertz CT molecular complexity index is 739. The molecule has 1 aliphatic rings. The number of amides is 2. The van der Waals surface area contributed by atoms with E-state index >= 15 is 0 Å². The standard InChI is InChI=1S/C21H31F3N4O2/c1-5-26(14-18(29)25-20(2,3)4)15-19(30)28-11-9-27(10-12-28)17-8-6-7-16(13-17)21(22,23)24/h6-8,13H,5,9-12,14-15H2,1-4H3,(H,25,29)/p+1. The van der Waals surface area contributed by atoms with Crippen LogP contribution >= 0.6 is 0 Å². The number of halogens is 3. The number of nitrogens with one attached hydrogen (secondary N) is 2. The molecular formula is C21H32F3N4O2+. The van der Waals surface area contributed by atoms with Crippen molar-refractivity contribution in [2.75, 3.05) is 50.7 Å². The molecule has 2 rings (SSSR count). The van der Waals surface area contributed by atoms with Gasteiger partial charge in [-0.3, -0.25) is 9.59 Å². The van der Waals surface area contributed by atoms with Gasteiger partial charge >= 0.3 is 6.18 Å². The summed E-state index contributed by atoms with van der Waals surface area (Å²) in [6, 6.07) is 5.26. The SMILES string of the molecule is CC[NH+](CC(=O)NC(C)(C)C)CC(=O)N1CCN(c2cccc(C(F)(F)F)c2)CC1. The average molecular weight is 430 g/mol. The summed E-state index contributed by atoms with van der Waals surface area (Å²) in [6.45, 7) is 10.6. The molecule has 1 aromatic carbocycles. The molecule has 0 aliphatic carbocycles. The number of carbonyl (C=O) groups is 2. The summed E-state index contributed by atoms with van der Waals surface area (Å²) in [7, 11) is 0. The van der Waals surface area contributed by atoms with Gasteiger partial charge in [-0.25, -0.2) is 0 Å². The van der Waals surface area contributed by atoms with Gasteiger partial charge in [-0.05, 0) is 45.9 Å². The Kier molecular flexibility index (Phi) is 7.74. The molecule has 1 saturated heterocycles. The molecule has 1 atom stereocenters. The minimum atomic E-state index is -4.38. The van der Waals surface area contributed by atoms with Gasteiger partial charge in [0.05, 0.1) is 12.1 Å². The maximum Gasteiger partial charge on any atom is 0.416 e. The number of likely N-dealkylation sites (N-methyl/N-ethyl adjacent to an activating group) is 1. The van der Waals surface area contributed by atoms with Gasteiger partial charge in [0.1, 0.15) is 0 Å². The van der Waals surface area contributed by atoms with Gasteiger partial charge in [-0.1, -0.05) is 6.07 Å². The van der Waals surface area contributed by atoms with Crippen molar-refractivity contribution < 1.29 is 27.7 Å². The minimum absolute atomic E-state index is 0.0425. The zero-order valence-electron chi connectivity index (χ0n) is 18.1. The van der Waals surface area contributed by atoms with Gasteiger partial charge in [0, 0.05) is 37.4 Å². The monoisotopic (exact) mass is 429 g/mol. The largest absolute Gasteiger partial charge is 0.416 e. The minimum Gasteiger partial charge on any atom is -0.368 e. The van der Waals surface area contributed by atoms with Gasteiger partial charge in [0.25, 0.3) is 11.8 Å². The normalized spacial score (nSPS) is 16.4. The van der Waals surface area contributed by atoms with E-state index in [0.717, 1.165) is 17.0 Å². The third kappa shape index (κ3) is 7.19. The maximum atomic E-state index is 12.9. The second-order valence-corrected chi connectivity index (χ2v) is 8.67. The van der Waals surface area contributed by atoms with Crippen molar-refractivity contribution in [3.8, 4) is 0 Å². The van der Waals surface area contributed by atoms with Crippen LogP contribution in [0.5, 0.6) is 0 Å². The highest BCUT2D eigenvalue weighted by molar-refractivity contribution is 5.79. The number of hydrogen-bond acceptors (Lipinski definition) is 3. The highest BCUT2D eigenvalue weighted by atomic mass is 19.4. The molecule has 9 heteroatoms. The number of nitrogens with zero attached hydrogens (tertiary/aromatic N) is 2. The van der Waals surface area contributed by atoms with Crippen LogP contribution in [0.1, 0.15) is 33.3 Å². The van der Waals surface area contributed by atoms with Crippen LogP contribution in [0.2, 0.25) is 0 Å². The van der Waals surface area contributed by atoms with Crippen LogP contribution in [-0.2, 0) is 15.8 Å². The second kappa shape index (κ2) is 9.68. The van der Waals surface area contributed by atoms with E-state index in [1.54, 1.807) is 11.0 Å². The van der Waals surface area contributed by atoms with Crippen molar-refractivity contribution in [1.82, 2.24) is 10.2 Å². The lowest BCUT2D eigenvalue weighted by molar-refractivity contribution is -0.882. The maximum absolute atomic E-state index is 12.9. The molecule has 0 aromatic heterocycles. The summed E-state index contributed by atoms with van der Waals surface area (Å²) in [5.74, 6) is -0.138. The Morgan fingerprint density at radius 3 is 2.23 bits per heavy atom. The summed E-state index contributed by atoms with van der Waals surface area (Å²) in [5.41, 5.74) is -0.481. The summed E-state index contributed by atoms with van der Waals surface area (Å²) in [4.78, 5) is 29.3. The second-order valence-electron chi connectivity index (χ2n) is 8.67. The molecule has 30 heavy (non-hydrogen) atoms. The molecule has 0 radical (unpaired) electrons. The first-order valence-corrected chi connectivity index (χ1v) is 10.2. The first-order chi connectivity index (χ1) is 13.9. The molecule has 0 bridgehead atoms. The van der Waals surface area contributed by atoms with Gasteiger partial charge in [0.2, 0.25) is 0 Å². The smallest absolute Gasteiger partial charge is 0.368 e. The Labute approximate surface area is 176 Å². The topological polar surface area (TPSA) is 57.1 Å². The number of anilines is 1. The number of benzene rings is 1. The lowest BCUT2D eigenvalue weighted by Crippen LogP contribution is -3.14. The summed E-state index contributed by atoms with van der Waals surface area (Å²) >= 11 is 0. The van der Waals surface area contributed by atoms with E-state index in [2.05, 4.69) is 5.32 Å². The highest BCUT2D eigenvalue weighted by Gasteiger charge is 2.31. The van der Waals surface area contributed by atoms with Gasteiger partial charge in [-0.2, -0.15) is 13.2 Å². The molecule has 168 valence electrons. The molecule has 6 nitrogen and oxygen atoms in total. The fourth-order valence-electron chi connectivity index (χ4n) is 3.42. The number of rotatable bonds is 6. The lowest BCUT2D eigenvalue weighted by atomic mass is 10.1. The first-order valence-electron chi connectivity index (χ1n) is 10.2. The van der Waals surface area contributed by atoms with Crippen molar-refractivity contribution >= 4 is 17.5 Å². The zero-order valence-corrected chi connectivity index (χ0v) is 18.1. The predicted molar refractivity (Wildman–Crippen MR) is 109 cm³/mol. The summed E-state index contributed by atoms with van der Waals surface area (Å²) in [5, 5.41) is 2.90. The fraction of sp³-hybridized carbons (Fsp3) is 0.619. The number of alkyl halides is 3. The predicted octanol–water partition coefficient (Wildman–Crippen LogP) is 1.17. The molecule has 1 heterocycles. The molecule has 2 amide bonds. The van der Waals surface area contributed by atoms with Gasteiger partial charge < -0.3 is 20.0 Å². The van der Waals surface area contributed by atoms with Crippen molar-refractivity contribution in [3.63, 3.8) is 0 Å². The van der Waals surface area contributed by atoms with Crippen LogP contribution in [-0.4, -0.2) is 68.1 Å². The van der Waals surface area contributed by atoms with Crippen molar-refractivity contribution in [1.29, 1.82) is 0 Å². The summed E-state index contributed by atoms with van der Waals surface area (Å²) < 4.78 is 38.8. The molecule has 0 saturated carbocycles. The van der Waals surface area contributed by atoms with E-state index in [9.17, 15) is 22.8 Å². The third-order valence-corrected chi connectivity index (χ3v) is 5.00. The van der Waals surface area contributed by atoms with Crippen molar-refractivity contribution in [2.45, 2.75) is 39.4 Å². The van der Waals surface area contributed by atoms with Crippen LogP contribution < -0.4 is 15.1 Å². The fourth-order valence-corrected chi connectivity index (χ4v) is 3.42. The Morgan fingerprint density at radius 1 is 1.07 bits per heavy atom. The van der Waals surface area contributed by atoms with Crippen LogP contribution in [0.25, 0.3) is 0 Å². The average Bonchev–Trinajstić information content (AvgIpc) is 2.65. The zero-order chi connectivity index (χ0) is 22.5. The molecule has 1 unspecified atom stereocenters. The van der Waals surface area contributed by atoms with Gasteiger partial charge in [-0.15, -0.1) is 0 Å². The number of piperazine rings is 1. The van der Waals surface area contributed by atoms with Crippen LogP contribution in [0.4, 0.5) is 18.9 Å². The quantitative estimate of drug-likeness (QED) is 0.714. The molecule has 0 spiro atoms. The number of hydrogen-bond donors (Lipinski definition) is 2. The van der Waals surface area contributed by atoms with Crippen molar-refractivity contribution in [2.24, 2.45) is 0 Å². The third-order valence-electron chi connectivity index (χ3n) is 5.00. The summed E-state index contributed by atoms with van der Waals surface area (Å²) in [6.07, 6.45) is -4.38. The molecular weight excluding hydrogens is 397 g/mol. The number of quaternary nitrogens is 1. The molecule has 1 fully saturated rings. The Hall–Kier alpha value is -2.29. The van der Waals surface area contributed by atoms with Crippen LogP contribution in [0.3, 0.4) is 0 Å². The van der Waals surface area contributed by atoms with E-state index in [1.807, 2.05) is 32.6 Å². The Balaban J connectivity index is 1.88. The van der Waals surface area contributed by atoms with E-state index < -0.39 is 11.7 Å². The first kappa shape index (κ1) is 24.0. The Morgan fingerprint density at radius 2 is 1.70 bits per heavy atom. The van der Waals surface area contributed by atoms with E-state index in [4.69, 9.17) is 0 Å².